The van der Waals surface area contributed by atoms with Gasteiger partial charge in [0.15, 0.2) is 0 Å². The second-order valence-corrected chi connectivity index (χ2v) is 5.04. The highest BCUT2D eigenvalue weighted by Crippen LogP contribution is 2.62. The van der Waals surface area contributed by atoms with E-state index >= 15 is 0 Å². The van der Waals surface area contributed by atoms with Crippen molar-refractivity contribution in [3.63, 3.8) is 0 Å². The molecule has 2 atom stereocenters. The summed E-state index contributed by atoms with van der Waals surface area (Å²) < 4.78 is 5.11. The van der Waals surface area contributed by atoms with Gasteiger partial charge in [-0.1, -0.05) is 0 Å². The zero-order valence-corrected chi connectivity index (χ0v) is 9.95. The maximum absolute atomic E-state index is 11.8. The third-order valence-electron chi connectivity index (χ3n) is 4.13. The van der Waals surface area contributed by atoms with E-state index < -0.39 is 0 Å². The molecule has 2 aliphatic rings. The van der Waals surface area contributed by atoms with E-state index in [0.29, 0.717) is 12.4 Å². The smallest absolute Gasteiger partial charge is 0.309 e. The number of fused-ring (bicyclic) bond motifs is 2. The standard InChI is InChI=1S/C14H16O3/c1-2-17-13(16)12-8-14(12)6-5-9-3-4-10(15)7-11(9)14/h3-4,7,12,15H,2,5-6,8H2,1H3/p+1/t12-,14-/m0/s1. The molecule has 1 aromatic carbocycles. The average Bonchev–Trinajstić information content (AvgIpc) is 2.93. The molecule has 3 rings (SSSR count). The van der Waals surface area contributed by atoms with Crippen LogP contribution in [0.1, 0.15) is 30.9 Å². The zero-order chi connectivity index (χ0) is 12.0. The van der Waals surface area contributed by atoms with Gasteiger partial charge < -0.3 is 9.84 Å². The molecule has 1 saturated carbocycles. The van der Waals surface area contributed by atoms with Crippen LogP contribution in [0.15, 0.2) is 18.2 Å². The zero-order valence-electron chi connectivity index (χ0n) is 9.95. The molecule has 0 bridgehead atoms. The molecule has 90 valence electrons. The number of hydrogen-bond donors (Lipinski definition) is 0. The van der Waals surface area contributed by atoms with Crippen molar-refractivity contribution < 1.29 is 14.6 Å². The van der Waals surface area contributed by atoms with Crippen molar-refractivity contribution in [3.8, 4) is 5.75 Å². The molecule has 0 radical (unpaired) electrons. The van der Waals surface area contributed by atoms with Gasteiger partial charge in [-0.25, -0.2) is 0 Å². The minimum atomic E-state index is -0.0595. The first-order valence-electron chi connectivity index (χ1n) is 6.19. The largest absolute Gasteiger partial charge is 0.593 e. The van der Waals surface area contributed by atoms with Crippen LogP contribution in [0.2, 0.25) is 0 Å². The second kappa shape index (κ2) is 3.49. The molecule has 1 fully saturated rings. The fourth-order valence-corrected chi connectivity index (χ4v) is 3.18. The van der Waals surface area contributed by atoms with E-state index in [9.17, 15) is 4.79 Å². The van der Waals surface area contributed by atoms with Gasteiger partial charge in [-0.15, -0.1) is 0 Å². The van der Waals surface area contributed by atoms with Gasteiger partial charge in [0.25, 0.3) is 5.75 Å². The van der Waals surface area contributed by atoms with Crippen LogP contribution in [-0.4, -0.2) is 17.7 Å². The minimum Gasteiger partial charge on any atom is -0.593 e. The van der Waals surface area contributed by atoms with Crippen LogP contribution in [0.5, 0.6) is 5.75 Å². The molecule has 0 heterocycles. The Bertz CT molecular complexity index is 480. The molecule has 3 nitrogen and oxygen atoms in total. The Morgan fingerprint density at radius 3 is 3.18 bits per heavy atom. The molecule has 0 aliphatic heterocycles. The Labute approximate surface area is 100 Å². The monoisotopic (exact) mass is 233 g/mol. The fraction of sp³-hybridized carbons (Fsp3) is 0.500. The molecule has 17 heavy (non-hydrogen) atoms. The molecule has 1 spiro atoms. The first-order chi connectivity index (χ1) is 8.17. The van der Waals surface area contributed by atoms with Crippen molar-refractivity contribution in [3.05, 3.63) is 29.3 Å². The van der Waals surface area contributed by atoms with Gasteiger partial charge in [0.2, 0.25) is 0 Å². The van der Waals surface area contributed by atoms with Gasteiger partial charge in [0.05, 0.1) is 12.5 Å². The summed E-state index contributed by atoms with van der Waals surface area (Å²) in [5.41, 5.74) is 2.55. The van der Waals surface area contributed by atoms with Crippen molar-refractivity contribution in [1.82, 2.24) is 0 Å². The first-order valence-corrected chi connectivity index (χ1v) is 6.19. The highest BCUT2D eigenvalue weighted by Gasteiger charge is 2.62. The Morgan fingerprint density at radius 1 is 1.59 bits per heavy atom. The van der Waals surface area contributed by atoms with Gasteiger partial charge in [-0.3, -0.25) is 4.79 Å². The van der Waals surface area contributed by atoms with Crippen LogP contribution in [0.3, 0.4) is 0 Å². The van der Waals surface area contributed by atoms with Gasteiger partial charge in [-0.05, 0) is 43.4 Å². The molecule has 0 unspecified atom stereocenters. The molecular weight excluding hydrogens is 216 g/mol. The summed E-state index contributed by atoms with van der Waals surface area (Å²) in [7, 11) is 0. The Morgan fingerprint density at radius 2 is 2.41 bits per heavy atom. The molecule has 3 heteroatoms. The summed E-state index contributed by atoms with van der Waals surface area (Å²) >= 11 is 0. The lowest BCUT2D eigenvalue weighted by molar-refractivity contribution is -0.145. The number of hydrogen-bond acceptors (Lipinski definition) is 2. The lowest BCUT2D eigenvalue weighted by Crippen LogP contribution is -2.15. The maximum atomic E-state index is 11.8. The first kappa shape index (κ1) is 10.6. The van der Waals surface area contributed by atoms with E-state index in [-0.39, 0.29) is 17.3 Å². The maximum Gasteiger partial charge on any atom is 0.309 e. The quantitative estimate of drug-likeness (QED) is 0.578. The topological polar surface area (TPSA) is 49.2 Å². The van der Waals surface area contributed by atoms with Crippen LogP contribution < -0.4 is 0 Å². The van der Waals surface area contributed by atoms with E-state index in [4.69, 9.17) is 9.84 Å². The predicted molar refractivity (Wildman–Crippen MR) is 64.2 cm³/mol. The van der Waals surface area contributed by atoms with Crippen molar-refractivity contribution in [2.75, 3.05) is 6.61 Å². The van der Waals surface area contributed by atoms with Crippen LogP contribution in [0.25, 0.3) is 0 Å². The number of rotatable bonds is 2. The van der Waals surface area contributed by atoms with Crippen LogP contribution in [-0.2, 0) is 21.4 Å². The number of benzene rings is 1. The van der Waals surface area contributed by atoms with Crippen molar-refractivity contribution in [2.24, 2.45) is 5.92 Å². The second-order valence-electron chi connectivity index (χ2n) is 5.04. The molecule has 1 aromatic rings. The van der Waals surface area contributed by atoms with Crippen molar-refractivity contribution >= 4 is 5.97 Å². The highest BCUT2D eigenvalue weighted by atomic mass is 16.5. The minimum absolute atomic E-state index is 0.0125. The average molecular weight is 233 g/mol. The number of ether oxygens (including phenoxy) is 1. The SMILES string of the molecule is CCOC(=O)[C@@H]1C[C@]12CCc1ccc([OH2+])cc12. The molecule has 2 N–H and O–H groups in total. The molecule has 0 saturated heterocycles. The summed E-state index contributed by atoms with van der Waals surface area (Å²) in [6.07, 6.45) is 2.98. The van der Waals surface area contributed by atoms with Crippen LogP contribution in [0, 0.1) is 5.92 Å². The van der Waals surface area contributed by atoms with Crippen LogP contribution in [0.4, 0.5) is 0 Å². The lowest BCUT2D eigenvalue weighted by atomic mass is 9.95. The third kappa shape index (κ3) is 1.45. The van der Waals surface area contributed by atoms with Crippen LogP contribution >= 0.6 is 0 Å². The number of carbonyl (C=O) groups is 1. The van der Waals surface area contributed by atoms with E-state index in [1.54, 1.807) is 0 Å². The number of esters is 1. The Balaban J connectivity index is 1.90. The van der Waals surface area contributed by atoms with E-state index in [1.165, 1.54) is 11.1 Å². The summed E-state index contributed by atoms with van der Waals surface area (Å²) in [5.74, 6) is 0.515. The van der Waals surface area contributed by atoms with E-state index in [1.807, 2.05) is 25.1 Å². The Hall–Kier alpha value is -1.51. The van der Waals surface area contributed by atoms with E-state index in [2.05, 4.69) is 0 Å². The lowest BCUT2D eigenvalue weighted by Gasteiger charge is -2.10. The van der Waals surface area contributed by atoms with E-state index in [0.717, 1.165) is 19.3 Å². The fourth-order valence-electron chi connectivity index (χ4n) is 3.18. The summed E-state index contributed by atoms with van der Waals surface area (Å²) in [6, 6.07) is 5.80. The van der Waals surface area contributed by atoms with Gasteiger partial charge in [0, 0.05) is 17.5 Å². The summed E-state index contributed by atoms with van der Waals surface area (Å²) in [6.45, 7) is 2.30. The van der Waals surface area contributed by atoms with Crippen molar-refractivity contribution in [1.29, 1.82) is 0 Å². The summed E-state index contributed by atoms with van der Waals surface area (Å²) in [4.78, 5) is 11.8. The number of aryl methyl sites for hydroxylation is 1. The molecular formula is C14H17O3+. The van der Waals surface area contributed by atoms with Gasteiger partial charge in [-0.2, -0.15) is 0 Å². The third-order valence-corrected chi connectivity index (χ3v) is 4.13. The van der Waals surface area contributed by atoms with Crippen molar-refractivity contribution in [2.45, 2.75) is 31.6 Å². The van der Waals surface area contributed by atoms with Gasteiger partial charge in [0.1, 0.15) is 0 Å². The van der Waals surface area contributed by atoms with Gasteiger partial charge >= 0.3 is 5.97 Å². The number of carbonyl (C=O) groups excluding carboxylic acids is 1. The molecule has 0 aromatic heterocycles. The predicted octanol–water partition coefficient (Wildman–Crippen LogP) is 1.89. The summed E-state index contributed by atoms with van der Waals surface area (Å²) in [5, 5.41) is 7.71. The highest BCUT2D eigenvalue weighted by molar-refractivity contribution is 5.80. The molecule has 0 amide bonds. The molecule has 2 aliphatic carbocycles. The Kier molecular flexibility index (Phi) is 2.18. The normalized spacial score (nSPS) is 29.1.